The Morgan fingerprint density at radius 2 is 1.88 bits per heavy atom. The number of hydrogen-bond acceptors (Lipinski definition) is 3. The lowest BCUT2D eigenvalue weighted by molar-refractivity contribution is -0.123. The lowest BCUT2D eigenvalue weighted by Gasteiger charge is -2.14. The van der Waals surface area contributed by atoms with Crippen molar-refractivity contribution in [3.63, 3.8) is 0 Å². The molecular weight excluding hydrogens is 323 g/mol. The molecule has 6 heteroatoms. The molecule has 0 aliphatic heterocycles. The molecule has 1 N–H and O–H groups in total. The fraction of sp³-hybridized carbons (Fsp3) is 0.368. The van der Waals surface area contributed by atoms with E-state index in [9.17, 15) is 14.0 Å². The summed E-state index contributed by atoms with van der Waals surface area (Å²) in [6, 6.07) is 7.68. The quantitative estimate of drug-likeness (QED) is 0.840. The van der Waals surface area contributed by atoms with E-state index in [1.54, 1.807) is 6.07 Å². The van der Waals surface area contributed by atoms with E-state index in [1.807, 2.05) is 13.8 Å². The Morgan fingerprint density at radius 1 is 1.24 bits per heavy atom. The Labute approximate surface area is 145 Å². The Balaban J connectivity index is 1.65. The van der Waals surface area contributed by atoms with Gasteiger partial charge in [0.25, 0.3) is 5.91 Å². The first-order chi connectivity index (χ1) is 11.9. The molecule has 0 saturated heterocycles. The van der Waals surface area contributed by atoms with Gasteiger partial charge in [-0.25, -0.2) is 9.18 Å². The summed E-state index contributed by atoms with van der Waals surface area (Å²) in [7, 11) is 0. The van der Waals surface area contributed by atoms with Crippen LogP contribution in [0.3, 0.4) is 0 Å². The fourth-order valence-electron chi connectivity index (χ4n) is 2.93. The van der Waals surface area contributed by atoms with Gasteiger partial charge in [-0.05, 0) is 63.9 Å². The average molecular weight is 344 g/mol. The molecule has 1 aliphatic carbocycles. The van der Waals surface area contributed by atoms with Crippen LogP contribution in [0.1, 0.15) is 47.6 Å². The van der Waals surface area contributed by atoms with Crippen molar-refractivity contribution in [2.24, 2.45) is 0 Å². The van der Waals surface area contributed by atoms with Crippen molar-refractivity contribution in [3.8, 4) is 0 Å². The van der Waals surface area contributed by atoms with Crippen LogP contribution in [0.2, 0.25) is 0 Å². The minimum atomic E-state index is -0.957. The van der Waals surface area contributed by atoms with E-state index in [-0.39, 0.29) is 5.82 Å². The molecular formula is C19H21FN2O3. The number of aryl methyl sites for hydroxylation is 1. The van der Waals surface area contributed by atoms with Gasteiger partial charge in [-0.15, -0.1) is 0 Å². The van der Waals surface area contributed by atoms with Crippen LogP contribution in [0.25, 0.3) is 0 Å². The van der Waals surface area contributed by atoms with Crippen molar-refractivity contribution in [1.29, 1.82) is 0 Å². The number of nitrogens with one attached hydrogen (secondary N) is 1. The minimum Gasteiger partial charge on any atom is -0.449 e. The maximum atomic E-state index is 12.9. The summed E-state index contributed by atoms with van der Waals surface area (Å²) in [5, 5.41) is 2.60. The van der Waals surface area contributed by atoms with E-state index in [2.05, 4.69) is 9.88 Å². The first-order valence-corrected chi connectivity index (χ1v) is 8.32. The Hall–Kier alpha value is -2.63. The molecule has 1 heterocycles. The molecule has 0 unspecified atom stereocenters. The maximum Gasteiger partial charge on any atom is 0.340 e. The molecule has 5 nitrogen and oxygen atoms in total. The average Bonchev–Trinajstić information content (AvgIpc) is 3.34. The number of ether oxygens (including phenoxy) is 1. The van der Waals surface area contributed by atoms with Gasteiger partial charge in [0.15, 0.2) is 6.10 Å². The van der Waals surface area contributed by atoms with Crippen molar-refractivity contribution >= 4 is 17.6 Å². The molecule has 1 fully saturated rings. The van der Waals surface area contributed by atoms with Gasteiger partial charge < -0.3 is 14.6 Å². The van der Waals surface area contributed by atoms with Gasteiger partial charge >= 0.3 is 5.97 Å². The molecule has 0 spiro atoms. The fourth-order valence-corrected chi connectivity index (χ4v) is 2.93. The molecule has 1 aromatic heterocycles. The molecule has 3 rings (SSSR count). The highest BCUT2D eigenvalue weighted by atomic mass is 19.1. The number of hydrogen-bond donors (Lipinski definition) is 1. The van der Waals surface area contributed by atoms with E-state index >= 15 is 0 Å². The lowest BCUT2D eigenvalue weighted by Crippen LogP contribution is -2.30. The van der Waals surface area contributed by atoms with Gasteiger partial charge in [0.05, 0.1) is 5.56 Å². The first kappa shape index (κ1) is 17.2. The molecule has 25 heavy (non-hydrogen) atoms. The number of nitrogens with zero attached hydrogens (tertiary/aromatic N) is 1. The predicted octanol–water partition coefficient (Wildman–Crippen LogP) is 3.76. The van der Waals surface area contributed by atoms with Crippen LogP contribution in [-0.4, -0.2) is 22.5 Å². The second-order valence-electron chi connectivity index (χ2n) is 6.43. The van der Waals surface area contributed by atoms with Crippen LogP contribution in [0.5, 0.6) is 0 Å². The molecule has 0 radical (unpaired) electrons. The Kier molecular flexibility index (Phi) is 4.61. The van der Waals surface area contributed by atoms with Crippen LogP contribution < -0.4 is 5.32 Å². The number of rotatable bonds is 5. The number of benzene rings is 1. The largest absolute Gasteiger partial charge is 0.449 e. The van der Waals surface area contributed by atoms with Crippen molar-refractivity contribution in [1.82, 2.24) is 4.57 Å². The standard InChI is InChI=1S/C19H21FN2O3/c1-11-10-17(12(2)22(11)16-8-9-16)19(24)25-13(3)18(23)21-15-6-4-14(20)5-7-15/h4-7,10,13,16H,8-9H2,1-3H3,(H,21,23)/t13-/m1/s1. The Bertz CT molecular complexity index is 807. The van der Waals surface area contributed by atoms with Gasteiger partial charge in [-0.3, -0.25) is 4.79 Å². The molecule has 1 saturated carbocycles. The summed E-state index contributed by atoms with van der Waals surface area (Å²) in [5.74, 6) is -1.36. The first-order valence-electron chi connectivity index (χ1n) is 8.32. The SMILES string of the molecule is Cc1cc(C(=O)O[C@H](C)C(=O)Nc2ccc(F)cc2)c(C)n1C1CC1. The molecule has 0 bridgehead atoms. The summed E-state index contributed by atoms with van der Waals surface area (Å²) in [6.45, 7) is 5.37. The summed E-state index contributed by atoms with van der Waals surface area (Å²) in [4.78, 5) is 24.6. The summed E-state index contributed by atoms with van der Waals surface area (Å²) in [5.41, 5.74) is 2.83. The number of halogens is 1. The maximum absolute atomic E-state index is 12.9. The molecule has 2 aromatic rings. The van der Waals surface area contributed by atoms with Crippen LogP contribution in [0, 0.1) is 19.7 Å². The number of anilines is 1. The van der Waals surface area contributed by atoms with Crippen LogP contribution >= 0.6 is 0 Å². The molecule has 132 valence electrons. The summed E-state index contributed by atoms with van der Waals surface area (Å²) in [6.07, 6.45) is 1.30. The van der Waals surface area contributed by atoms with Gasteiger partial charge in [-0.2, -0.15) is 0 Å². The minimum absolute atomic E-state index is 0.386. The van der Waals surface area contributed by atoms with Crippen LogP contribution in [-0.2, 0) is 9.53 Å². The molecule has 1 aromatic carbocycles. The van der Waals surface area contributed by atoms with Gasteiger partial charge in [0.2, 0.25) is 0 Å². The topological polar surface area (TPSA) is 60.3 Å². The zero-order valence-corrected chi connectivity index (χ0v) is 14.5. The van der Waals surface area contributed by atoms with Crippen molar-refractivity contribution in [2.75, 3.05) is 5.32 Å². The normalized spacial score (nSPS) is 14.9. The number of amides is 1. The zero-order chi connectivity index (χ0) is 18.1. The second kappa shape index (κ2) is 6.70. The van der Waals surface area contributed by atoms with Crippen molar-refractivity contribution in [2.45, 2.75) is 45.8 Å². The predicted molar refractivity (Wildman–Crippen MR) is 92.1 cm³/mol. The van der Waals surface area contributed by atoms with Gasteiger partial charge in [0, 0.05) is 23.1 Å². The Morgan fingerprint density at radius 3 is 2.48 bits per heavy atom. The van der Waals surface area contributed by atoms with E-state index in [0.29, 0.717) is 17.3 Å². The van der Waals surface area contributed by atoms with E-state index in [4.69, 9.17) is 4.74 Å². The zero-order valence-electron chi connectivity index (χ0n) is 14.5. The molecule has 1 aliphatic rings. The van der Waals surface area contributed by atoms with Crippen LogP contribution in [0.4, 0.5) is 10.1 Å². The molecule has 1 amide bonds. The number of carbonyl (C=O) groups excluding carboxylic acids is 2. The number of carbonyl (C=O) groups is 2. The highest BCUT2D eigenvalue weighted by Crippen LogP contribution is 2.38. The van der Waals surface area contributed by atoms with Crippen LogP contribution in [0.15, 0.2) is 30.3 Å². The third-order valence-corrected chi connectivity index (χ3v) is 4.38. The van der Waals surface area contributed by atoms with E-state index in [0.717, 1.165) is 24.2 Å². The summed E-state index contributed by atoms with van der Waals surface area (Å²) >= 11 is 0. The number of aromatic nitrogens is 1. The monoisotopic (exact) mass is 344 g/mol. The third kappa shape index (κ3) is 3.73. The van der Waals surface area contributed by atoms with Gasteiger partial charge in [-0.1, -0.05) is 0 Å². The van der Waals surface area contributed by atoms with E-state index in [1.165, 1.54) is 31.2 Å². The molecule has 1 atom stereocenters. The highest BCUT2D eigenvalue weighted by Gasteiger charge is 2.29. The van der Waals surface area contributed by atoms with Gasteiger partial charge in [0.1, 0.15) is 5.82 Å². The summed E-state index contributed by atoms with van der Waals surface area (Å²) < 4.78 is 20.3. The second-order valence-corrected chi connectivity index (χ2v) is 6.43. The van der Waals surface area contributed by atoms with E-state index < -0.39 is 18.0 Å². The van der Waals surface area contributed by atoms with Crippen molar-refractivity contribution in [3.05, 3.63) is 53.1 Å². The third-order valence-electron chi connectivity index (χ3n) is 4.38. The van der Waals surface area contributed by atoms with Crippen molar-refractivity contribution < 1.29 is 18.7 Å². The smallest absolute Gasteiger partial charge is 0.340 e. The highest BCUT2D eigenvalue weighted by molar-refractivity contribution is 5.97. The number of esters is 1. The lowest BCUT2D eigenvalue weighted by atomic mass is 10.2.